The van der Waals surface area contributed by atoms with Crippen LogP contribution in [0.5, 0.6) is 0 Å². The molecule has 0 saturated heterocycles. The van der Waals surface area contributed by atoms with Crippen molar-refractivity contribution in [3.63, 3.8) is 0 Å². The Kier molecular flexibility index (Phi) is 3.98. The molecule has 0 atom stereocenters. The fraction of sp³-hybridized carbons (Fsp3) is 0.500. The van der Waals surface area contributed by atoms with E-state index in [1.54, 1.807) is 20.8 Å². The van der Waals surface area contributed by atoms with Gasteiger partial charge in [0.1, 0.15) is 5.60 Å². The molecule has 0 N–H and O–H groups in total. The van der Waals surface area contributed by atoms with Crippen LogP contribution in [0.3, 0.4) is 0 Å². The molecule has 0 fully saturated rings. The third-order valence-electron chi connectivity index (χ3n) is 2.61. The van der Waals surface area contributed by atoms with Crippen LogP contribution in [0.2, 0.25) is 0 Å². The van der Waals surface area contributed by atoms with E-state index in [-0.39, 0.29) is 5.56 Å². The Morgan fingerprint density at radius 1 is 1.00 bits per heavy atom. The first-order valence-corrected chi connectivity index (χ1v) is 5.83. The van der Waals surface area contributed by atoms with Gasteiger partial charge in [0.15, 0.2) is 17.5 Å². The van der Waals surface area contributed by atoms with E-state index >= 15 is 0 Å². The molecule has 0 bridgehead atoms. The van der Waals surface area contributed by atoms with Gasteiger partial charge in [-0.3, -0.25) is 4.79 Å². The lowest BCUT2D eigenvalue weighted by Gasteiger charge is -2.28. The summed E-state index contributed by atoms with van der Waals surface area (Å²) in [5.74, 6) is -4.84. The second kappa shape index (κ2) is 4.87. The molecule has 1 aromatic carbocycles. The van der Waals surface area contributed by atoms with Crippen LogP contribution in [-0.4, -0.2) is 11.6 Å². The van der Waals surface area contributed by atoms with Gasteiger partial charge in [0.05, 0.1) is 5.41 Å². The highest BCUT2D eigenvalue weighted by Crippen LogP contribution is 2.29. The van der Waals surface area contributed by atoms with Crippen molar-refractivity contribution in [2.24, 2.45) is 0 Å². The summed E-state index contributed by atoms with van der Waals surface area (Å²) in [4.78, 5) is 12.0. The summed E-state index contributed by atoms with van der Waals surface area (Å²) >= 11 is 0. The molecule has 0 radical (unpaired) electrons. The summed E-state index contributed by atoms with van der Waals surface area (Å²) in [6.07, 6.45) is 0. The van der Waals surface area contributed by atoms with Crippen LogP contribution < -0.4 is 0 Å². The predicted octanol–water partition coefficient (Wildman–Crippen LogP) is 3.72. The molecule has 2 nitrogen and oxygen atoms in total. The summed E-state index contributed by atoms with van der Waals surface area (Å²) in [5, 5.41) is 0. The molecule has 0 heterocycles. The number of carbonyl (C=O) groups excluding carboxylic acids is 1. The van der Waals surface area contributed by atoms with Gasteiger partial charge in [-0.15, -0.1) is 0 Å². The lowest BCUT2D eigenvalue weighted by Crippen LogP contribution is -2.37. The fourth-order valence-corrected chi connectivity index (χ4v) is 1.44. The maximum Gasteiger partial charge on any atom is 0.316 e. The number of halogens is 3. The van der Waals surface area contributed by atoms with Gasteiger partial charge in [-0.25, -0.2) is 13.2 Å². The first-order chi connectivity index (χ1) is 8.45. The SMILES string of the molecule is CC(C)(C)OC(=O)C(C)(C)c1cc(F)c(F)c(F)c1. The van der Waals surface area contributed by atoms with Gasteiger partial charge < -0.3 is 4.74 Å². The van der Waals surface area contributed by atoms with E-state index in [0.717, 1.165) is 12.1 Å². The summed E-state index contributed by atoms with van der Waals surface area (Å²) in [6, 6.07) is 1.62. The van der Waals surface area contributed by atoms with E-state index in [1.165, 1.54) is 13.8 Å². The number of hydrogen-bond donors (Lipinski definition) is 0. The largest absolute Gasteiger partial charge is 0.459 e. The van der Waals surface area contributed by atoms with E-state index in [2.05, 4.69) is 0 Å². The molecule has 0 aliphatic carbocycles. The smallest absolute Gasteiger partial charge is 0.316 e. The fourth-order valence-electron chi connectivity index (χ4n) is 1.44. The average molecular weight is 274 g/mol. The molecule has 106 valence electrons. The Morgan fingerprint density at radius 3 is 1.79 bits per heavy atom. The van der Waals surface area contributed by atoms with Crippen LogP contribution in [0.4, 0.5) is 13.2 Å². The van der Waals surface area contributed by atoms with Crippen LogP contribution in [0, 0.1) is 17.5 Å². The van der Waals surface area contributed by atoms with Crippen molar-refractivity contribution in [3.8, 4) is 0 Å². The minimum atomic E-state index is -1.55. The van der Waals surface area contributed by atoms with Gasteiger partial charge in [0, 0.05) is 0 Å². The Morgan fingerprint density at radius 2 is 1.42 bits per heavy atom. The molecule has 1 aromatic rings. The Bertz CT molecular complexity index is 479. The Balaban J connectivity index is 3.17. The van der Waals surface area contributed by atoms with Crippen molar-refractivity contribution < 1.29 is 22.7 Å². The highest BCUT2D eigenvalue weighted by atomic mass is 19.2. The highest BCUT2D eigenvalue weighted by molar-refractivity contribution is 5.82. The lowest BCUT2D eigenvalue weighted by atomic mass is 9.84. The summed E-state index contributed by atoms with van der Waals surface area (Å²) in [6.45, 7) is 7.99. The average Bonchev–Trinajstić information content (AvgIpc) is 2.22. The second-order valence-electron chi connectivity index (χ2n) is 5.88. The molecule has 0 unspecified atom stereocenters. The maximum atomic E-state index is 13.2. The molecule has 0 saturated carbocycles. The van der Waals surface area contributed by atoms with Crippen LogP contribution in [-0.2, 0) is 14.9 Å². The zero-order chi connectivity index (χ0) is 15.0. The van der Waals surface area contributed by atoms with E-state index in [9.17, 15) is 18.0 Å². The first kappa shape index (κ1) is 15.5. The van der Waals surface area contributed by atoms with Crippen molar-refractivity contribution in [1.82, 2.24) is 0 Å². The van der Waals surface area contributed by atoms with Gasteiger partial charge in [-0.1, -0.05) is 0 Å². The summed E-state index contributed by atoms with van der Waals surface area (Å²) in [7, 11) is 0. The minimum absolute atomic E-state index is 0.0261. The molecule has 0 amide bonds. The van der Waals surface area contributed by atoms with Crippen LogP contribution in [0.1, 0.15) is 40.2 Å². The molecule has 19 heavy (non-hydrogen) atoms. The van der Waals surface area contributed by atoms with Gasteiger partial charge >= 0.3 is 5.97 Å². The van der Waals surface area contributed by atoms with Gasteiger partial charge in [-0.05, 0) is 52.3 Å². The monoisotopic (exact) mass is 274 g/mol. The van der Waals surface area contributed by atoms with Crippen molar-refractivity contribution in [1.29, 1.82) is 0 Å². The minimum Gasteiger partial charge on any atom is -0.459 e. The summed E-state index contributed by atoms with van der Waals surface area (Å²) in [5.41, 5.74) is -1.97. The van der Waals surface area contributed by atoms with Crippen molar-refractivity contribution in [3.05, 3.63) is 35.1 Å². The molecule has 1 rings (SSSR count). The molecular weight excluding hydrogens is 257 g/mol. The molecule has 0 aromatic heterocycles. The Hall–Kier alpha value is -1.52. The number of rotatable bonds is 2. The van der Waals surface area contributed by atoms with Gasteiger partial charge in [0.25, 0.3) is 0 Å². The van der Waals surface area contributed by atoms with E-state index in [1.807, 2.05) is 0 Å². The normalized spacial score (nSPS) is 12.4. The highest BCUT2D eigenvalue weighted by Gasteiger charge is 2.35. The van der Waals surface area contributed by atoms with Crippen molar-refractivity contribution >= 4 is 5.97 Å². The van der Waals surface area contributed by atoms with E-state index in [4.69, 9.17) is 4.74 Å². The zero-order valence-corrected chi connectivity index (χ0v) is 11.6. The number of esters is 1. The predicted molar refractivity (Wildman–Crippen MR) is 65.2 cm³/mol. The third kappa shape index (κ3) is 3.49. The van der Waals surface area contributed by atoms with Gasteiger partial charge in [-0.2, -0.15) is 0 Å². The lowest BCUT2D eigenvalue weighted by molar-refractivity contribution is -0.160. The quantitative estimate of drug-likeness (QED) is 0.607. The van der Waals surface area contributed by atoms with Crippen LogP contribution in [0.15, 0.2) is 12.1 Å². The number of hydrogen-bond acceptors (Lipinski definition) is 2. The van der Waals surface area contributed by atoms with E-state index in [0.29, 0.717) is 0 Å². The topological polar surface area (TPSA) is 26.3 Å². The molecule has 0 aliphatic rings. The van der Waals surface area contributed by atoms with Crippen LogP contribution >= 0.6 is 0 Å². The van der Waals surface area contributed by atoms with Crippen molar-refractivity contribution in [2.45, 2.75) is 45.6 Å². The number of benzene rings is 1. The summed E-state index contributed by atoms with van der Waals surface area (Å²) < 4.78 is 44.5. The molecule has 0 spiro atoms. The third-order valence-corrected chi connectivity index (χ3v) is 2.61. The standard InChI is InChI=1S/C14H17F3O2/c1-13(2,3)19-12(18)14(4,5)8-6-9(15)11(17)10(16)7-8/h6-7H,1-5H3. The number of ether oxygens (including phenoxy) is 1. The molecule has 5 heteroatoms. The van der Waals surface area contributed by atoms with Crippen molar-refractivity contribution in [2.75, 3.05) is 0 Å². The Labute approximate surface area is 110 Å². The molecule has 0 aliphatic heterocycles. The second-order valence-corrected chi connectivity index (χ2v) is 5.88. The van der Waals surface area contributed by atoms with Crippen LogP contribution in [0.25, 0.3) is 0 Å². The van der Waals surface area contributed by atoms with Gasteiger partial charge in [0.2, 0.25) is 0 Å². The first-order valence-electron chi connectivity index (χ1n) is 5.83. The number of carbonyl (C=O) groups is 1. The van der Waals surface area contributed by atoms with E-state index < -0.39 is 34.4 Å². The molecular formula is C14H17F3O2. The zero-order valence-electron chi connectivity index (χ0n) is 11.6. The maximum absolute atomic E-state index is 13.2.